The predicted molar refractivity (Wildman–Crippen MR) is 76.8 cm³/mol. The minimum Gasteiger partial charge on any atom is -0.356 e. The van der Waals surface area contributed by atoms with E-state index in [-0.39, 0.29) is 11.9 Å². The van der Waals surface area contributed by atoms with Gasteiger partial charge in [-0.05, 0) is 35.9 Å². The van der Waals surface area contributed by atoms with Crippen LogP contribution in [0.25, 0.3) is 0 Å². The molecule has 1 fully saturated rings. The smallest absolute Gasteiger partial charge is 0.245 e. The van der Waals surface area contributed by atoms with Crippen molar-refractivity contribution >= 4 is 15.7 Å². The first-order chi connectivity index (χ1) is 10.1. The molecule has 0 aliphatic carbocycles. The number of fused-ring (bicyclic) bond motifs is 3. The molecule has 108 valence electrons. The van der Waals surface area contributed by atoms with Crippen molar-refractivity contribution in [1.29, 1.82) is 0 Å². The van der Waals surface area contributed by atoms with Crippen LogP contribution in [0.4, 0.5) is 10.1 Å². The zero-order valence-corrected chi connectivity index (χ0v) is 11.9. The van der Waals surface area contributed by atoms with Gasteiger partial charge in [-0.25, -0.2) is 12.8 Å². The second-order valence-corrected chi connectivity index (χ2v) is 7.14. The van der Waals surface area contributed by atoms with E-state index in [0.29, 0.717) is 18.1 Å². The van der Waals surface area contributed by atoms with Crippen molar-refractivity contribution < 1.29 is 12.8 Å². The Morgan fingerprint density at radius 2 is 1.76 bits per heavy atom. The van der Waals surface area contributed by atoms with E-state index in [2.05, 4.69) is 0 Å². The van der Waals surface area contributed by atoms with E-state index in [4.69, 9.17) is 0 Å². The van der Waals surface area contributed by atoms with Gasteiger partial charge in [0.1, 0.15) is 5.82 Å². The fourth-order valence-corrected chi connectivity index (χ4v) is 4.89. The summed E-state index contributed by atoms with van der Waals surface area (Å²) in [5, 5.41) is 0. The maximum Gasteiger partial charge on any atom is 0.245 e. The molecule has 4 rings (SSSR count). The van der Waals surface area contributed by atoms with Crippen molar-refractivity contribution in [2.75, 3.05) is 18.1 Å². The molecule has 2 aliphatic rings. The first-order valence-corrected chi connectivity index (χ1v) is 8.13. The molecular weight excluding hydrogens is 291 g/mol. The zero-order chi connectivity index (χ0) is 14.6. The van der Waals surface area contributed by atoms with Crippen molar-refractivity contribution in [1.82, 2.24) is 4.31 Å². The van der Waals surface area contributed by atoms with E-state index in [9.17, 15) is 12.8 Å². The number of hydrogen-bond donors (Lipinski definition) is 0. The summed E-state index contributed by atoms with van der Waals surface area (Å²) in [5.74, 6) is -0.295. The molecule has 0 spiro atoms. The molecule has 0 saturated carbocycles. The number of nitrogens with zero attached hydrogens (tertiary/aromatic N) is 2. The molecule has 0 aromatic heterocycles. The van der Waals surface area contributed by atoms with E-state index in [0.717, 1.165) is 11.3 Å². The summed E-state index contributed by atoms with van der Waals surface area (Å²) in [4.78, 5) is 2.37. The first-order valence-electron chi connectivity index (χ1n) is 6.69. The van der Waals surface area contributed by atoms with Crippen LogP contribution in [-0.2, 0) is 10.0 Å². The van der Waals surface area contributed by atoms with Crippen LogP contribution in [0.3, 0.4) is 0 Å². The molecule has 6 heteroatoms. The molecule has 0 amide bonds. The molecule has 2 aromatic rings. The van der Waals surface area contributed by atoms with Crippen molar-refractivity contribution in [3.8, 4) is 0 Å². The lowest BCUT2D eigenvalue weighted by molar-refractivity contribution is 0.426. The van der Waals surface area contributed by atoms with E-state index in [1.165, 1.54) is 16.4 Å². The van der Waals surface area contributed by atoms with Crippen molar-refractivity contribution in [3.63, 3.8) is 0 Å². The van der Waals surface area contributed by atoms with Crippen molar-refractivity contribution in [2.24, 2.45) is 0 Å². The monoisotopic (exact) mass is 304 g/mol. The lowest BCUT2D eigenvalue weighted by atomic mass is 10.1. The molecule has 21 heavy (non-hydrogen) atoms. The van der Waals surface area contributed by atoms with E-state index < -0.39 is 10.0 Å². The summed E-state index contributed by atoms with van der Waals surface area (Å²) in [6.45, 7) is 0.884. The highest BCUT2D eigenvalue weighted by molar-refractivity contribution is 7.89. The molecule has 1 saturated heterocycles. The summed E-state index contributed by atoms with van der Waals surface area (Å²) in [5.41, 5.74) is 1.68. The van der Waals surface area contributed by atoms with Gasteiger partial charge in [0, 0.05) is 12.2 Å². The average molecular weight is 304 g/mol. The van der Waals surface area contributed by atoms with Crippen LogP contribution in [0.2, 0.25) is 0 Å². The summed E-state index contributed by atoms with van der Waals surface area (Å²) in [7, 11) is -3.41. The van der Waals surface area contributed by atoms with Crippen LogP contribution in [0.1, 0.15) is 11.6 Å². The molecule has 0 bridgehead atoms. The van der Waals surface area contributed by atoms with Gasteiger partial charge in [0.15, 0.2) is 0 Å². The topological polar surface area (TPSA) is 40.6 Å². The first kappa shape index (κ1) is 12.8. The molecule has 2 aliphatic heterocycles. The highest BCUT2D eigenvalue weighted by Crippen LogP contribution is 2.43. The SMILES string of the molecule is O=S1(=O)c2ccccc2C2CN(c3ccc(F)cc3)CN21. The van der Waals surface area contributed by atoms with Crippen LogP contribution in [0.15, 0.2) is 53.4 Å². The highest BCUT2D eigenvalue weighted by Gasteiger charge is 2.47. The van der Waals surface area contributed by atoms with Gasteiger partial charge in [0.2, 0.25) is 10.0 Å². The van der Waals surface area contributed by atoms with Crippen molar-refractivity contribution in [3.05, 3.63) is 59.9 Å². The Labute approximate surface area is 122 Å². The van der Waals surface area contributed by atoms with E-state index >= 15 is 0 Å². The minimum atomic E-state index is -3.41. The van der Waals surface area contributed by atoms with Gasteiger partial charge in [-0.2, -0.15) is 4.31 Å². The fraction of sp³-hybridized carbons (Fsp3) is 0.200. The molecule has 0 radical (unpaired) electrons. The third-order valence-corrected chi connectivity index (χ3v) is 6.02. The maximum absolute atomic E-state index is 13.0. The number of rotatable bonds is 1. The Morgan fingerprint density at radius 1 is 1.05 bits per heavy atom. The second kappa shape index (κ2) is 4.29. The fourth-order valence-electron chi connectivity index (χ4n) is 3.08. The maximum atomic E-state index is 13.0. The second-order valence-electron chi connectivity index (χ2n) is 5.29. The zero-order valence-electron chi connectivity index (χ0n) is 11.1. The van der Waals surface area contributed by atoms with Crippen LogP contribution in [0, 0.1) is 5.82 Å². The lowest BCUT2D eigenvalue weighted by Crippen LogP contribution is -2.28. The lowest BCUT2D eigenvalue weighted by Gasteiger charge is -2.19. The Kier molecular flexibility index (Phi) is 2.61. The Hall–Kier alpha value is -1.92. The third kappa shape index (κ3) is 1.79. The molecule has 2 heterocycles. The van der Waals surface area contributed by atoms with Gasteiger partial charge in [-0.3, -0.25) is 0 Å². The van der Waals surface area contributed by atoms with Crippen LogP contribution in [0.5, 0.6) is 0 Å². The Morgan fingerprint density at radius 3 is 2.52 bits per heavy atom. The largest absolute Gasteiger partial charge is 0.356 e. The van der Waals surface area contributed by atoms with Crippen molar-refractivity contribution in [2.45, 2.75) is 10.9 Å². The molecule has 1 unspecified atom stereocenters. The van der Waals surface area contributed by atoms with Crippen LogP contribution in [-0.4, -0.2) is 25.9 Å². The number of benzene rings is 2. The Bertz CT molecular complexity index is 805. The van der Waals surface area contributed by atoms with Gasteiger partial charge in [-0.15, -0.1) is 0 Å². The third-order valence-electron chi connectivity index (χ3n) is 4.11. The number of anilines is 1. The standard InChI is InChI=1S/C15H13FN2O2S/c16-11-5-7-12(8-6-11)17-9-14-13-3-1-2-4-15(13)21(19,20)18(14)10-17/h1-8,14H,9-10H2. The van der Waals surface area contributed by atoms with Crippen LogP contribution < -0.4 is 4.90 Å². The van der Waals surface area contributed by atoms with Gasteiger partial charge >= 0.3 is 0 Å². The van der Waals surface area contributed by atoms with E-state index in [1.54, 1.807) is 24.3 Å². The normalized spacial score (nSPS) is 23.1. The minimum absolute atomic E-state index is 0.156. The molecule has 0 N–H and O–H groups in total. The number of hydrogen-bond acceptors (Lipinski definition) is 3. The molecule has 4 nitrogen and oxygen atoms in total. The summed E-state index contributed by atoms with van der Waals surface area (Å²) >= 11 is 0. The highest BCUT2D eigenvalue weighted by atomic mass is 32.2. The molecule has 1 atom stereocenters. The van der Waals surface area contributed by atoms with Gasteiger partial charge in [0.25, 0.3) is 0 Å². The van der Waals surface area contributed by atoms with E-state index in [1.807, 2.05) is 17.0 Å². The average Bonchev–Trinajstić information content (AvgIpc) is 3.00. The summed E-state index contributed by atoms with van der Waals surface area (Å²) in [6, 6.07) is 13.1. The van der Waals surface area contributed by atoms with Gasteiger partial charge < -0.3 is 4.90 Å². The van der Waals surface area contributed by atoms with Crippen LogP contribution >= 0.6 is 0 Å². The number of sulfonamides is 1. The molecule has 2 aromatic carbocycles. The summed E-state index contributed by atoms with van der Waals surface area (Å²) in [6.07, 6.45) is 0. The number of halogens is 1. The molecular formula is C15H13FN2O2S. The predicted octanol–water partition coefficient (Wildman–Crippen LogP) is 2.35. The van der Waals surface area contributed by atoms with Gasteiger partial charge in [-0.1, -0.05) is 18.2 Å². The summed E-state index contributed by atoms with van der Waals surface area (Å²) < 4.78 is 39.6. The van der Waals surface area contributed by atoms with Gasteiger partial charge in [0.05, 0.1) is 17.6 Å². The quantitative estimate of drug-likeness (QED) is 0.812. The Balaban J connectivity index is 1.73.